The smallest absolute Gasteiger partial charge is 0.273 e. The number of rotatable bonds is 5. The summed E-state index contributed by atoms with van der Waals surface area (Å²) in [6, 6.07) is 9.31. The van der Waals surface area contributed by atoms with E-state index in [9.17, 15) is 10.1 Å². The topological polar surface area (TPSA) is 61.6 Å². The van der Waals surface area contributed by atoms with Gasteiger partial charge in [-0.1, -0.05) is 29.3 Å². The number of nitro benzene ring substituents is 1. The Bertz CT molecular complexity index is 676. The molecule has 2 rings (SSSR count). The first-order chi connectivity index (χ1) is 10.0. The van der Waals surface area contributed by atoms with Crippen LogP contribution in [0.25, 0.3) is 0 Å². The molecule has 110 valence electrons. The van der Waals surface area contributed by atoms with Crippen LogP contribution in [0.5, 0.6) is 11.5 Å². The SMILES string of the molecule is COc1cc([N+](=O)[O-])ccc1OCc1ccc(Cl)c(Cl)c1. The molecule has 0 aliphatic carbocycles. The summed E-state index contributed by atoms with van der Waals surface area (Å²) in [6.07, 6.45) is 0. The van der Waals surface area contributed by atoms with Crippen LogP contribution in [0.4, 0.5) is 5.69 Å². The van der Waals surface area contributed by atoms with Crippen LogP contribution in [0.2, 0.25) is 10.0 Å². The molecule has 0 amide bonds. The number of hydrogen-bond donors (Lipinski definition) is 0. The zero-order valence-corrected chi connectivity index (χ0v) is 12.5. The Balaban J connectivity index is 2.15. The molecule has 0 heterocycles. The predicted octanol–water partition coefficient (Wildman–Crippen LogP) is 4.49. The summed E-state index contributed by atoms with van der Waals surface area (Å²) in [4.78, 5) is 10.2. The molecule has 0 unspecified atom stereocenters. The highest BCUT2D eigenvalue weighted by Gasteiger charge is 2.12. The van der Waals surface area contributed by atoms with E-state index in [4.69, 9.17) is 32.7 Å². The van der Waals surface area contributed by atoms with Crippen molar-refractivity contribution >= 4 is 28.9 Å². The molecule has 0 saturated carbocycles. The molecular formula is C14H11Cl2NO4. The number of methoxy groups -OCH3 is 1. The summed E-state index contributed by atoms with van der Waals surface area (Å²) >= 11 is 11.8. The number of benzene rings is 2. The monoisotopic (exact) mass is 327 g/mol. The van der Waals surface area contributed by atoms with Gasteiger partial charge in [0, 0.05) is 6.07 Å². The molecule has 0 saturated heterocycles. The number of halogens is 2. The normalized spacial score (nSPS) is 10.2. The van der Waals surface area contributed by atoms with Crippen LogP contribution < -0.4 is 9.47 Å². The Morgan fingerprint density at radius 1 is 1.10 bits per heavy atom. The maximum Gasteiger partial charge on any atom is 0.273 e. The number of nitro groups is 1. The van der Waals surface area contributed by atoms with Gasteiger partial charge in [-0.05, 0) is 23.8 Å². The molecule has 0 spiro atoms. The zero-order chi connectivity index (χ0) is 15.4. The number of hydrogen-bond acceptors (Lipinski definition) is 4. The van der Waals surface area contributed by atoms with Gasteiger partial charge >= 0.3 is 0 Å². The maximum atomic E-state index is 10.7. The first-order valence-electron chi connectivity index (χ1n) is 5.90. The van der Waals surface area contributed by atoms with Crippen LogP contribution in [-0.2, 0) is 6.61 Å². The molecule has 0 aliphatic rings. The van der Waals surface area contributed by atoms with E-state index in [1.165, 1.54) is 25.3 Å². The second-order valence-electron chi connectivity index (χ2n) is 4.13. The van der Waals surface area contributed by atoms with Gasteiger partial charge in [-0.15, -0.1) is 0 Å². The van der Waals surface area contributed by atoms with Crippen LogP contribution in [0.3, 0.4) is 0 Å². The van der Waals surface area contributed by atoms with E-state index in [2.05, 4.69) is 0 Å². The van der Waals surface area contributed by atoms with Gasteiger partial charge in [-0.3, -0.25) is 10.1 Å². The predicted molar refractivity (Wildman–Crippen MR) is 80.4 cm³/mol. The Hall–Kier alpha value is -1.98. The zero-order valence-electron chi connectivity index (χ0n) is 11.0. The summed E-state index contributed by atoms with van der Waals surface area (Å²) in [6.45, 7) is 0.241. The Kier molecular flexibility index (Phi) is 4.88. The number of ether oxygens (including phenoxy) is 2. The van der Waals surface area contributed by atoms with Gasteiger partial charge in [0.25, 0.3) is 5.69 Å². The van der Waals surface area contributed by atoms with Crippen LogP contribution in [0.15, 0.2) is 36.4 Å². The largest absolute Gasteiger partial charge is 0.493 e. The van der Waals surface area contributed by atoms with Crippen molar-refractivity contribution in [1.29, 1.82) is 0 Å². The molecule has 2 aromatic rings. The van der Waals surface area contributed by atoms with E-state index in [0.29, 0.717) is 21.5 Å². The van der Waals surface area contributed by atoms with Crippen LogP contribution in [0.1, 0.15) is 5.56 Å². The van der Waals surface area contributed by atoms with Gasteiger partial charge in [0.2, 0.25) is 0 Å². The Morgan fingerprint density at radius 2 is 1.86 bits per heavy atom. The molecule has 5 nitrogen and oxygen atoms in total. The molecule has 0 fully saturated rings. The third kappa shape index (κ3) is 3.77. The van der Waals surface area contributed by atoms with Crippen LogP contribution >= 0.6 is 23.2 Å². The lowest BCUT2D eigenvalue weighted by Gasteiger charge is -2.10. The third-order valence-electron chi connectivity index (χ3n) is 2.74. The van der Waals surface area contributed by atoms with Crippen molar-refractivity contribution in [3.63, 3.8) is 0 Å². The minimum atomic E-state index is -0.495. The van der Waals surface area contributed by atoms with Crippen molar-refractivity contribution in [3.05, 3.63) is 62.1 Å². The van der Waals surface area contributed by atoms with Gasteiger partial charge in [0.05, 0.1) is 28.1 Å². The average Bonchev–Trinajstić information content (AvgIpc) is 2.48. The lowest BCUT2D eigenvalue weighted by Crippen LogP contribution is -1.98. The highest BCUT2D eigenvalue weighted by atomic mass is 35.5. The molecule has 0 N–H and O–H groups in total. The molecule has 21 heavy (non-hydrogen) atoms. The van der Waals surface area contributed by atoms with Crippen molar-refractivity contribution in [1.82, 2.24) is 0 Å². The summed E-state index contributed by atoms with van der Waals surface area (Å²) in [7, 11) is 1.42. The van der Waals surface area contributed by atoms with Gasteiger partial charge in [0.15, 0.2) is 11.5 Å². The van der Waals surface area contributed by atoms with E-state index < -0.39 is 4.92 Å². The molecule has 0 atom stereocenters. The summed E-state index contributed by atoms with van der Waals surface area (Å²) in [5.74, 6) is 0.707. The highest BCUT2D eigenvalue weighted by Crippen LogP contribution is 2.32. The second-order valence-corrected chi connectivity index (χ2v) is 4.94. The van der Waals surface area contributed by atoms with Gasteiger partial charge < -0.3 is 9.47 Å². The maximum absolute atomic E-state index is 10.7. The summed E-state index contributed by atoms with van der Waals surface area (Å²) in [5, 5.41) is 11.6. The van der Waals surface area contributed by atoms with Crippen molar-refractivity contribution < 1.29 is 14.4 Å². The van der Waals surface area contributed by atoms with Gasteiger partial charge in [0.1, 0.15) is 6.61 Å². The minimum Gasteiger partial charge on any atom is -0.493 e. The molecule has 0 radical (unpaired) electrons. The summed E-state index contributed by atoms with van der Waals surface area (Å²) < 4.78 is 10.7. The Morgan fingerprint density at radius 3 is 2.48 bits per heavy atom. The molecule has 2 aromatic carbocycles. The molecular weight excluding hydrogens is 317 g/mol. The summed E-state index contributed by atoms with van der Waals surface area (Å²) in [5.41, 5.74) is 0.763. The second kappa shape index (κ2) is 6.65. The minimum absolute atomic E-state index is 0.0614. The number of non-ortho nitro benzene ring substituents is 1. The lowest BCUT2D eigenvalue weighted by atomic mass is 10.2. The Labute approximate surface area is 131 Å². The fourth-order valence-corrected chi connectivity index (χ4v) is 2.00. The number of nitrogens with zero attached hydrogens (tertiary/aromatic N) is 1. The van der Waals surface area contributed by atoms with Crippen LogP contribution in [0, 0.1) is 10.1 Å². The molecule has 7 heteroatoms. The van der Waals surface area contributed by atoms with Crippen molar-refractivity contribution in [3.8, 4) is 11.5 Å². The lowest BCUT2D eigenvalue weighted by molar-refractivity contribution is -0.385. The quantitative estimate of drug-likeness (QED) is 0.599. The van der Waals surface area contributed by atoms with E-state index in [0.717, 1.165) is 5.56 Å². The van der Waals surface area contributed by atoms with Crippen molar-refractivity contribution in [2.75, 3.05) is 7.11 Å². The van der Waals surface area contributed by atoms with Gasteiger partial charge in [-0.25, -0.2) is 0 Å². The molecule has 0 bridgehead atoms. The third-order valence-corrected chi connectivity index (χ3v) is 3.48. The standard InChI is InChI=1S/C14H11Cl2NO4/c1-20-14-7-10(17(18)19)3-5-13(14)21-8-9-2-4-11(15)12(16)6-9/h2-7H,8H2,1H3. The van der Waals surface area contributed by atoms with Crippen LogP contribution in [-0.4, -0.2) is 12.0 Å². The fraction of sp³-hybridized carbons (Fsp3) is 0.143. The van der Waals surface area contributed by atoms with E-state index >= 15 is 0 Å². The first-order valence-corrected chi connectivity index (χ1v) is 6.66. The highest BCUT2D eigenvalue weighted by molar-refractivity contribution is 6.42. The van der Waals surface area contributed by atoms with Crippen molar-refractivity contribution in [2.24, 2.45) is 0 Å². The van der Waals surface area contributed by atoms with Gasteiger partial charge in [-0.2, -0.15) is 0 Å². The average molecular weight is 328 g/mol. The molecule has 0 aromatic heterocycles. The fourth-order valence-electron chi connectivity index (χ4n) is 1.68. The van der Waals surface area contributed by atoms with Crippen molar-refractivity contribution in [2.45, 2.75) is 6.61 Å². The van der Waals surface area contributed by atoms with E-state index in [1.54, 1.807) is 18.2 Å². The molecule has 0 aliphatic heterocycles. The van der Waals surface area contributed by atoms with E-state index in [1.807, 2.05) is 0 Å². The van der Waals surface area contributed by atoms with E-state index in [-0.39, 0.29) is 12.3 Å². The first kappa shape index (κ1) is 15.4.